The van der Waals surface area contributed by atoms with Gasteiger partial charge in [-0.05, 0) is 18.4 Å². The van der Waals surface area contributed by atoms with Crippen molar-refractivity contribution in [2.45, 2.75) is 39.0 Å². The Kier molecular flexibility index (Phi) is 3.60. The van der Waals surface area contributed by atoms with Gasteiger partial charge in [0, 0.05) is 18.7 Å². The van der Waals surface area contributed by atoms with E-state index in [0.717, 1.165) is 40.5 Å². The molecule has 0 unspecified atom stereocenters. The van der Waals surface area contributed by atoms with E-state index in [9.17, 15) is 4.79 Å². The van der Waals surface area contributed by atoms with Gasteiger partial charge < -0.3 is 5.32 Å². The molecule has 0 saturated heterocycles. The standard InChI is InChI=1S/C15H19N5OS/c1-15(2,3)12-17-7-8-5-6-9-11(10(8)19-12)22-14(18-9)20-13(21)16-4/h7H,5-6H2,1-4H3,(H2,16,18,20,21). The van der Waals surface area contributed by atoms with Crippen LogP contribution in [0.3, 0.4) is 0 Å². The van der Waals surface area contributed by atoms with E-state index in [0.29, 0.717) is 5.13 Å². The number of anilines is 1. The Hall–Kier alpha value is -2.02. The number of fused-ring (bicyclic) bond motifs is 3. The Bertz CT molecular complexity index is 732. The quantitative estimate of drug-likeness (QED) is 0.847. The molecule has 116 valence electrons. The number of urea groups is 1. The van der Waals surface area contributed by atoms with Crippen LogP contribution in [-0.4, -0.2) is 28.0 Å². The molecular formula is C15H19N5OS. The summed E-state index contributed by atoms with van der Waals surface area (Å²) >= 11 is 1.47. The molecule has 7 heteroatoms. The average molecular weight is 317 g/mol. The van der Waals surface area contributed by atoms with Crippen LogP contribution in [0.2, 0.25) is 0 Å². The maximum Gasteiger partial charge on any atom is 0.320 e. The molecule has 0 aliphatic heterocycles. The predicted octanol–water partition coefficient (Wildman–Crippen LogP) is 2.75. The van der Waals surface area contributed by atoms with E-state index < -0.39 is 0 Å². The van der Waals surface area contributed by atoms with Crippen molar-refractivity contribution in [3.05, 3.63) is 23.3 Å². The Labute approximate surface area is 133 Å². The van der Waals surface area contributed by atoms with E-state index in [-0.39, 0.29) is 11.4 Å². The number of rotatable bonds is 1. The molecule has 2 aromatic rings. The molecule has 0 aromatic carbocycles. The smallest absolute Gasteiger partial charge is 0.320 e. The van der Waals surface area contributed by atoms with Gasteiger partial charge in [0.1, 0.15) is 5.82 Å². The second-order valence-corrected chi connectivity index (χ2v) is 7.32. The summed E-state index contributed by atoms with van der Waals surface area (Å²) in [4.78, 5) is 26.3. The highest BCUT2D eigenvalue weighted by Gasteiger charge is 2.26. The molecule has 0 spiro atoms. The lowest BCUT2D eigenvalue weighted by Crippen LogP contribution is -2.24. The van der Waals surface area contributed by atoms with Crippen LogP contribution < -0.4 is 10.6 Å². The normalized spacial score (nSPS) is 13.3. The second-order valence-electron chi connectivity index (χ2n) is 6.32. The highest BCUT2D eigenvalue weighted by atomic mass is 32.1. The molecule has 22 heavy (non-hydrogen) atoms. The van der Waals surface area contributed by atoms with Gasteiger partial charge >= 0.3 is 6.03 Å². The zero-order chi connectivity index (χ0) is 15.9. The van der Waals surface area contributed by atoms with E-state index in [1.165, 1.54) is 11.3 Å². The Morgan fingerprint density at radius 3 is 2.73 bits per heavy atom. The van der Waals surface area contributed by atoms with Gasteiger partial charge in [0.05, 0.1) is 16.3 Å². The molecule has 2 amide bonds. The minimum Gasteiger partial charge on any atom is -0.341 e. The molecule has 0 bridgehead atoms. The second kappa shape index (κ2) is 5.31. The van der Waals surface area contributed by atoms with Crippen LogP contribution >= 0.6 is 11.3 Å². The van der Waals surface area contributed by atoms with E-state index in [1.807, 2.05) is 6.20 Å². The number of thiazole rings is 1. The third-order valence-corrected chi connectivity index (χ3v) is 4.55. The predicted molar refractivity (Wildman–Crippen MR) is 87.3 cm³/mol. The van der Waals surface area contributed by atoms with Gasteiger partial charge in [-0.3, -0.25) is 5.32 Å². The molecule has 6 nitrogen and oxygen atoms in total. The van der Waals surface area contributed by atoms with Crippen LogP contribution in [0.25, 0.3) is 10.6 Å². The van der Waals surface area contributed by atoms with Crippen LogP contribution in [0.1, 0.15) is 37.9 Å². The van der Waals surface area contributed by atoms with Gasteiger partial charge in [-0.2, -0.15) is 0 Å². The molecule has 3 rings (SSSR count). The summed E-state index contributed by atoms with van der Waals surface area (Å²) < 4.78 is 0. The highest BCUT2D eigenvalue weighted by Crippen LogP contribution is 2.38. The van der Waals surface area contributed by atoms with Gasteiger partial charge in [0.2, 0.25) is 0 Å². The monoisotopic (exact) mass is 317 g/mol. The van der Waals surface area contributed by atoms with E-state index >= 15 is 0 Å². The molecule has 2 heterocycles. The maximum absolute atomic E-state index is 11.4. The van der Waals surface area contributed by atoms with Crippen molar-refractivity contribution in [3.8, 4) is 10.6 Å². The van der Waals surface area contributed by atoms with Gasteiger partial charge in [0.15, 0.2) is 5.13 Å². The Balaban J connectivity index is 2.02. The third kappa shape index (κ3) is 2.68. The number of hydrogen-bond donors (Lipinski definition) is 2. The first-order valence-corrected chi connectivity index (χ1v) is 8.05. The van der Waals surface area contributed by atoms with Crippen molar-refractivity contribution in [3.63, 3.8) is 0 Å². The Morgan fingerprint density at radius 2 is 2.05 bits per heavy atom. The molecule has 2 aromatic heterocycles. The van der Waals surface area contributed by atoms with Gasteiger partial charge in [-0.1, -0.05) is 32.1 Å². The fraction of sp³-hybridized carbons (Fsp3) is 0.467. The van der Waals surface area contributed by atoms with E-state index in [2.05, 4.69) is 41.4 Å². The lowest BCUT2D eigenvalue weighted by molar-refractivity contribution is 0.254. The van der Waals surface area contributed by atoms with Gasteiger partial charge in [0.25, 0.3) is 0 Å². The number of aryl methyl sites for hydroxylation is 2. The summed E-state index contributed by atoms with van der Waals surface area (Å²) in [7, 11) is 1.58. The van der Waals surface area contributed by atoms with E-state index in [1.54, 1.807) is 7.05 Å². The minimum absolute atomic E-state index is 0.0967. The molecule has 1 aliphatic rings. The maximum atomic E-state index is 11.4. The molecule has 1 aliphatic carbocycles. The number of nitrogens with one attached hydrogen (secondary N) is 2. The molecule has 0 fully saturated rings. The summed E-state index contributed by atoms with van der Waals surface area (Å²) in [5.41, 5.74) is 3.02. The van der Waals surface area contributed by atoms with Crippen LogP contribution in [0.15, 0.2) is 6.20 Å². The molecule has 2 N–H and O–H groups in total. The summed E-state index contributed by atoms with van der Waals surface area (Å²) in [6.45, 7) is 6.30. The molecular weight excluding hydrogens is 298 g/mol. The van der Waals surface area contributed by atoms with Gasteiger partial charge in [-0.25, -0.2) is 19.7 Å². The van der Waals surface area contributed by atoms with Crippen molar-refractivity contribution in [1.82, 2.24) is 20.3 Å². The molecule has 0 atom stereocenters. The highest BCUT2D eigenvalue weighted by molar-refractivity contribution is 7.19. The fourth-order valence-electron chi connectivity index (χ4n) is 2.32. The number of carbonyl (C=O) groups excluding carboxylic acids is 1. The summed E-state index contributed by atoms with van der Waals surface area (Å²) in [5.74, 6) is 0.827. The van der Waals surface area contributed by atoms with Crippen molar-refractivity contribution >= 4 is 22.5 Å². The number of amides is 2. The average Bonchev–Trinajstić information content (AvgIpc) is 2.88. The zero-order valence-electron chi connectivity index (χ0n) is 13.1. The number of hydrogen-bond acceptors (Lipinski definition) is 5. The van der Waals surface area contributed by atoms with Crippen molar-refractivity contribution in [2.75, 3.05) is 12.4 Å². The van der Waals surface area contributed by atoms with Crippen LogP contribution in [-0.2, 0) is 18.3 Å². The van der Waals surface area contributed by atoms with Crippen LogP contribution in [0.4, 0.5) is 9.93 Å². The van der Waals surface area contributed by atoms with Crippen molar-refractivity contribution in [2.24, 2.45) is 0 Å². The third-order valence-electron chi connectivity index (χ3n) is 3.53. The summed E-state index contributed by atoms with van der Waals surface area (Å²) in [6.07, 6.45) is 3.67. The summed E-state index contributed by atoms with van der Waals surface area (Å²) in [6, 6.07) is -0.260. The van der Waals surface area contributed by atoms with Crippen molar-refractivity contribution < 1.29 is 4.79 Å². The lowest BCUT2D eigenvalue weighted by Gasteiger charge is -2.20. The Morgan fingerprint density at radius 1 is 1.27 bits per heavy atom. The largest absolute Gasteiger partial charge is 0.341 e. The zero-order valence-corrected chi connectivity index (χ0v) is 14.0. The number of nitrogens with zero attached hydrogens (tertiary/aromatic N) is 3. The van der Waals surface area contributed by atoms with Crippen LogP contribution in [0, 0.1) is 0 Å². The topological polar surface area (TPSA) is 79.8 Å². The number of aromatic nitrogens is 3. The van der Waals surface area contributed by atoms with Crippen LogP contribution in [0.5, 0.6) is 0 Å². The SMILES string of the molecule is CNC(=O)Nc1nc2c(s1)-c1nc(C(C)(C)C)ncc1CC2. The van der Waals surface area contributed by atoms with Gasteiger partial charge in [-0.15, -0.1) is 0 Å². The van der Waals surface area contributed by atoms with Crippen molar-refractivity contribution in [1.29, 1.82) is 0 Å². The lowest BCUT2D eigenvalue weighted by atomic mass is 9.94. The molecule has 0 saturated carbocycles. The minimum atomic E-state index is -0.260. The number of carbonyl (C=O) groups is 1. The summed E-state index contributed by atoms with van der Waals surface area (Å²) in [5, 5.41) is 5.88. The fourth-order valence-corrected chi connectivity index (χ4v) is 3.35. The first-order valence-electron chi connectivity index (χ1n) is 7.23. The van der Waals surface area contributed by atoms with E-state index in [4.69, 9.17) is 4.98 Å². The first-order chi connectivity index (χ1) is 10.4. The first kappa shape index (κ1) is 14.9. The molecule has 0 radical (unpaired) electrons.